The quantitative estimate of drug-likeness (QED) is 0.599. The van der Waals surface area contributed by atoms with Crippen LogP contribution in [0, 0.1) is 0 Å². The van der Waals surface area contributed by atoms with E-state index in [1.165, 1.54) is 12.1 Å². The molecule has 0 aliphatic heterocycles. The van der Waals surface area contributed by atoms with Crippen LogP contribution < -0.4 is 18.9 Å². The third kappa shape index (κ3) is 3.71. The van der Waals surface area contributed by atoms with Gasteiger partial charge in [0.05, 0.1) is 0 Å². The molecule has 6 heteroatoms. The minimum atomic E-state index is -3.62. The maximum absolute atomic E-state index is 11.2. The van der Waals surface area contributed by atoms with Crippen LogP contribution in [0.3, 0.4) is 0 Å². The fourth-order valence-corrected chi connectivity index (χ4v) is 2.22. The SMILES string of the molecule is CS(=O)(=O)C(C(=O)O)c1ccccc1.[H-].[Li+]. The number of sulfone groups is 1. The molecule has 0 saturated heterocycles. The van der Waals surface area contributed by atoms with Crippen molar-refractivity contribution < 1.29 is 38.6 Å². The average molecular weight is 222 g/mol. The summed E-state index contributed by atoms with van der Waals surface area (Å²) in [6.45, 7) is 0. The Kier molecular flexibility index (Phi) is 5.08. The summed E-state index contributed by atoms with van der Waals surface area (Å²) in [4.78, 5) is 10.8. The first-order chi connectivity index (χ1) is 6.43. The number of hydrogen-bond donors (Lipinski definition) is 1. The summed E-state index contributed by atoms with van der Waals surface area (Å²) in [5, 5.41) is 7.31. The first-order valence-electron chi connectivity index (χ1n) is 3.89. The van der Waals surface area contributed by atoms with Crippen LogP contribution in [0.2, 0.25) is 0 Å². The number of carboxylic acid groups (broad SMARTS) is 1. The first kappa shape index (κ1) is 14.2. The van der Waals surface area contributed by atoms with Crippen molar-refractivity contribution in [2.75, 3.05) is 6.26 Å². The molecule has 0 saturated carbocycles. The summed E-state index contributed by atoms with van der Waals surface area (Å²) < 4.78 is 22.4. The standard InChI is InChI=1S/C9H10O4S.Li.H/c1-14(12,13)8(9(10)11)7-5-3-2-4-6-7;;/h2-6,8H,1H3,(H,10,11);;/q;+1;-1. The molecule has 78 valence electrons. The monoisotopic (exact) mass is 222 g/mol. The smallest absolute Gasteiger partial charge is 1.00 e. The van der Waals surface area contributed by atoms with E-state index in [2.05, 4.69) is 0 Å². The Balaban J connectivity index is 0. The maximum Gasteiger partial charge on any atom is 1.00 e. The molecule has 15 heavy (non-hydrogen) atoms. The molecule has 4 nitrogen and oxygen atoms in total. The van der Waals surface area contributed by atoms with Crippen molar-refractivity contribution in [3.8, 4) is 0 Å². The minimum absolute atomic E-state index is 0. The zero-order valence-corrected chi connectivity index (χ0v) is 9.36. The third-order valence-corrected chi connectivity index (χ3v) is 3.08. The van der Waals surface area contributed by atoms with Crippen LogP contribution in [0.4, 0.5) is 0 Å². The second-order valence-corrected chi connectivity index (χ2v) is 5.09. The van der Waals surface area contributed by atoms with Crippen LogP contribution in [0.1, 0.15) is 12.2 Å². The second-order valence-electron chi connectivity index (χ2n) is 2.96. The van der Waals surface area contributed by atoms with E-state index >= 15 is 0 Å². The largest absolute Gasteiger partial charge is 1.00 e. The zero-order chi connectivity index (χ0) is 10.8. The van der Waals surface area contributed by atoms with Crippen molar-refractivity contribution in [1.82, 2.24) is 0 Å². The molecule has 1 unspecified atom stereocenters. The van der Waals surface area contributed by atoms with Crippen molar-refractivity contribution in [1.29, 1.82) is 0 Å². The van der Waals surface area contributed by atoms with Crippen LogP contribution >= 0.6 is 0 Å². The molecule has 0 aliphatic carbocycles. The summed E-state index contributed by atoms with van der Waals surface area (Å²) in [7, 11) is -3.62. The van der Waals surface area contributed by atoms with Gasteiger partial charge in [0.15, 0.2) is 15.1 Å². The van der Waals surface area contributed by atoms with Crippen LogP contribution in [0.15, 0.2) is 30.3 Å². The van der Waals surface area contributed by atoms with Crippen LogP contribution in [-0.2, 0) is 14.6 Å². The van der Waals surface area contributed by atoms with E-state index in [0.29, 0.717) is 0 Å². The van der Waals surface area contributed by atoms with E-state index in [9.17, 15) is 13.2 Å². The van der Waals surface area contributed by atoms with Gasteiger partial charge in [-0.15, -0.1) is 0 Å². The second kappa shape index (κ2) is 5.36. The molecule has 0 heterocycles. The summed E-state index contributed by atoms with van der Waals surface area (Å²) >= 11 is 0. The van der Waals surface area contributed by atoms with Gasteiger partial charge in [0, 0.05) is 6.26 Å². The van der Waals surface area contributed by atoms with Gasteiger partial charge >= 0.3 is 24.8 Å². The molecule has 1 N–H and O–H groups in total. The Morgan fingerprint density at radius 2 is 1.80 bits per heavy atom. The van der Waals surface area contributed by atoms with Gasteiger partial charge in [-0.1, -0.05) is 30.3 Å². The van der Waals surface area contributed by atoms with Crippen molar-refractivity contribution in [3.63, 3.8) is 0 Å². The Bertz CT molecular complexity index is 432. The number of carbonyl (C=O) groups is 1. The van der Waals surface area contributed by atoms with E-state index < -0.39 is 21.1 Å². The Morgan fingerprint density at radius 1 is 1.33 bits per heavy atom. The fraction of sp³-hybridized carbons (Fsp3) is 0.222. The molecular formula is C9H11LiO4S. The van der Waals surface area contributed by atoms with Crippen molar-refractivity contribution in [2.24, 2.45) is 0 Å². The molecule has 0 bridgehead atoms. The van der Waals surface area contributed by atoms with Crippen LogP contribution in [0.25, 0.3) is 0 Å². The summed E-state index contributed by atoms with van der Waals surface area (Å²) in [6, 6.07) is 7.89. The molecule has 1 atom stereocenters. The van der Waals surface area contributed by atoms with Gasteiger partial charge in [-0.3, -0.25) is 4.79 Å². The van der Waals surface area contributed by atoms with Gasteiger partial charge in [0.1, 0.15) is 0 Å². The third-order valence-electron chi connectivity index (χ3n) is 1.75. The number of carboxylic acids is 1. The van der Waals surface area contributed by atoms with E-state index in [-0.39, 0.29) is 25.9 Å². The van der Waals surface area contributed by atoms with Gasteiger partial charge in [-0.2, -0.15) is 0 Å². The normalized spacial score (nSPS) is 12.6. The van der Waals surface area contributed by atoms with Gasteiger partial charge in [0.25, 0.3) is 0 Å². The maximum atomic E-state index is 11.2. The summed E-state index contributed by atoms with van der Waals surface area (Å²) in [5.74, 6) is -1.35. The molecular weight excluding hydrogens is 211 g/mol. The van der Waals surface area contributed by atoms with Gasteiger partial charge in [-0.25, -0.2) is 8.42 Å². The Morgan fingerprint density at radius 3 is 2.13 bits per heavy atom. The summed E-state index contributed by atoms with van der Waals surface area (Å²) in [6.07, 6.45) is 0.915. The van der Waals surface area contributed by atoms with E-state index in [1.54, 1.807) is 18.2 Å². The van der Waals surface area contributed by atoms with Crippen molar-refractivity contribution >= 4 is 15.8 Å². The van der Waals surface area contributed by atoms with Gasteiger partial charge in [-0.05, 0) is 5.56 Å². The average Bonchev–Trinajstić information content (AvgIpc) is 2.02. The molecule has 1 aromatic rings. The van der Waals surface area contributed by atoms with Crippen LogP contribution in [-0.4, -0.2) is 25.7 Å². The predicted molar refractivity (Wildman–Crippen MR) is 52.8 cm³/mol. The Hall–Kier alpha value is -0.763. The number of hydrogen-bond acceptors (Lipinski definition) is 3. The molecule has 0 fully saturated rings. The van der Waals surface area contributed by atoms with Gasteiger partial charge in [0.2, 0.25) is 0 Å². The first-order valence-corrected chi connectivity index (χ1v) is 5.85. The van der Waals surface area contributed by atoms with Crippen molar-refractivity contribution in [3.05, 3.63) is 35.9 Å². The molecule has 1 rings (SSSR count). The molecule has 0 spiro atoms. The molecule has 1 aromatic carbocycles. The number of aliphatic carboxylic acids is 1. The molecule has 0 radical (unpaired) electrons. The van der Waals surface area contributed by atoms with E-state index in [1.807, 2.05) is 0 Å². The molecule has 0 aliphatic rings. The van der Waals surface area contributed by atoms with Crippen molar-refractivity contribution in [2.45, 2.75) is 5.25 Å². The summed E-state index contributed by atoms with van der Waals surface area (Å²) in [5.41, 5.74) is 0.280. The Labute approximate surface area is 102 Å². The molecule has 0 amide bonds. The van der Waals surface area contributed by atoms with Crippen LogP contribution in [0.5, 0.6) is 0 Å². The van der Waals surface area contributed by atoms with E-state index in [4.69, 9.17) is 5.11 Å². The minimum Gasteiger partial charge on any atom is -1.00 e. The number of benzene rings is 1. The van der Waals surface area contributed by atoms with E-state index in [0.717, 1.165) is 6.26 Å². The number of rotatable bonds is 3. The fourth-order valence-electron chi connectivity index (χ4n) is 1.20. The molecule has 0 aromatic heterocycles. The zero-order valence-electron chi connectivity index (χ0n) is 9.54. The van der Waals surface area contributed by atoms with Gasteiger partial charge < -0.3 is 6.53 Å². The predicted octanol–water partition coefficient (Wildman–Crippen LogP) is -2.03. The topological polar surface area (TPSA) is 71.4 Å².